The van der Waals surface area contributed by atoms with Crippen LogP contribution in [0.3, 0.4) is 0 Å². The number of carbonyl (C=O) groups is 1. The molecule has 0 atom stereocenters. The van der Waals surface area contributed by atoms with Crippen molar-refractivity contribution in [3.63, 3.8) is 0 Å². The highest BCUT2D eigenvalue weighted by atomic mass is 35.5. The first kappa shape index (κ1) is 18.0. The highest BCUT2D eigenvalue weighted by molar-refractivity contribution is 6.35. The number of nitriles is 1. The second-order valence-corrected chi connectivity index (χ2v) is 6.87. The monoisotopic (exact) mass is 389 g/mol. The van der Waals surface area contributed by atoms with Gasteiger partial charge in [-0.15, -0.1) is 0 Å². The second kappa shape index (κ2) is 6.99. The second-order valence-electron chi connectivity index (χ2n) is 6.46. The van der Waals surface area contributed by atoms with Gasteiger partial charge in [0, 0.05) is 33.7 Å². The molecule has 0 unspecified atom stereocenters. The average Bonchev–Trinajstić information content (AvgIpc) is 2.98. The molecule has 2 heterocycles. The Morgan fingerprint density at radius 3 is 2.82 bits per heavy atom. The summed E-state index contributed by atoms with van der Waals surface area (Å²) in [6.07, 6.45) is 1.72. The van der Waals surface area contributed by atoms with Crippen molar-refractivity contribution in [3.05, 3.63) is 64.9 Å². The number of carbonyl (C=O) groups excluding carboxylic acids is 1. The number of esters is 1. The number of para-hydroxylation sites is 1. The summed E-state index contributed by atoms with van der Waals surface area (Å²) >= 11 is 6.34. The number of pyridine rings is 1. The minimum absolute atomic E-state index is 0.0918. The highest BCUT2D eigenvalue weighted by Gasteiger charge is 2.20. The zero-order chi connectivity index (χ0) is 19.8. The van der Waals surface area contributed by atoms with Crippen LogP contribution in [0.15, 0.2) is 48.7 Å². The standard InChI is InChI=1S/C22H16ClN3O2/c1-13-21(15-8-9-25-22-16(15)4-3-5-18(22)23)17-10-14(11-24)6-7-19(17)26(13)12-20(27)28-2/h3-10H,12H2,1-2H3. The molecule has 0 aliphatic carbocycles. The van der Waals surface area contributed by atoms with Crippen LogP contribution in [0, 0.1) is 18.3 Å². The molecule has 0 aliphatic heterocycles. The molecule has 5 nitrogen and oxygen atoms in total. The van der Waals surface area contributed by atoms with Gasteiger partial charge in [-0.25, -0.2) is 0 Å². The smallest absolute Gasteiger partial charge is 0.325 e. The lowest BCUT2D eigenvalue weighted by Gasteiger charge is -2.09. The normalized spacial score (nSPS) is 10.9. The molecule has 6 heteroatoms. The van der Waals surface area contributed by atoms with E-state index in [1.54, 1.807) is 12.3 Å². The summed E-state index contributed by atoms with van der Waals surface area (Å²) in [4.78, 5) is 16.4. The van der Waals surface area contributed by atoms with Gasteiger partial charge in [0.15, 0.2) is 0 Å². The molecule has 0 saturated carbocycles. The van der Waals surface area contributed by atoms with Crippen molar-refractivity contribution < 1.29 is 9.53 Å². The predicted molar refractivity (Wildman–Crippen MR) is 109 cm³/mol. The Morgan fingerprint density at radius 2 is 2.07 bits per heavy atom. The zero-order valence-corrected chi connectivity index (χ0v) is 16.1. The molecule has 0 spiro atoms. The lowest BCUT2D eigenvalue weighted by molar-refractivity contribution is -0.141. The lowest BCUT2D eigenvalue weighted by atomic mass is 9.98. The Hall–Kier alpha value is -3.36. The molecule has 0 N–H and O–H groups in total. The Kier molecular flexibility index (Phi) is 4.50. The van der Waals surface area contributed by atoms with E-state index in [0.717, 1.165) is 33.1 Å². The molecule has 0 aliphatic rings. The van der Waals surface area contributed by atoms with Crippen molar-refractivity contribution in [1.29, 1.82) is 5.26 Å². The molecular formula is C22H16ClN3O2. The summed E-state index contributed by atoms with van der Waals surface area (Å²) in [5.74, 6) is -0.335. The van der Waals surface area contributed by atoms with Crippen molar-refractivity contribution in [2.24, 2.45) is 0 Å². The van der Waals surface area contributed by atoms with E-state index in [1.165, 1.54) is 7.11 Å². The number of methoxy groups -OCH3 is 1. The van der Waals surface area contributed by atoms with E-state index in [1.807, 2.05) is 47.9 Å². The number of rotatable bonds is 3. The molecule has 28 heavy (non-hydrogen) atoms. The number of hydrogen-bond donors (Lipinski definition) is 0. The van der Waals surface area contributed by atoms with Crippen LogP contribution in [-0.4, -0.2) is 22.6 Å². The first-order valence-corrected chi connectivity index (χ1v) is 9.06. The van der Waals surface area contributed by atoms with Gasteiger partial charge in [0.1, 0.15) is 6.54 Å². The third-order valence-corrected chi connectivity index (χ3v) is 5.26. The maximum Gasteiger partial charge on any atom is 0.325 e. The molecule has 0 radical (unpaired) electrons. The molecular weight excluding hydrogens is 374 g/mol. The van der Waals surface area contributed by atoms with Crippen LogP contribution >= 0.6 is 11.6 Å². The van der Waals surface area contributed by atoms with Crippen molar-refractivity contribution in [1.82, 2.24) is 9.55 Å². The van der Waals surface area contributed by atoms with E-state index >= 15 is 0 Å². The maximum absolute atomic E-state index is 12.0. The molecule has 0 saturated heterocycles. The van der Waals surface area contributed by atoms with E-state index in [0.29, 0.717) is 16.1 Å². The summed E-state index contributed by atoms with van der Waals surface area (Å²) in [6.45, 7) is 2.05. The molecule has 4 aromatic rings. The minimum Gasteiger partial charge on any atom is -0.468 e. The van der Waals surface area contributed by atoms with Crippen molar-refractivity contribution in [3.8, 4) is 17.2 Å². The van der Waals surface area contributed by atoms with Crippen LogP contribution in [-0.2, 0) is 16.1 Å². The van der Waals surface area contributed by atoms with Crippen LogP contribution in [0.5, 0.6) is 0 Å². The number of hydrogen-bond acceptors (Lipinski definition) is 4. The maximum atomic E-state index is 12.0. The quantitative estimate of drug-likeness (QED) is 0.469. The van der Waals surface area contributed by atoms with Gasteiger partial charge in [-0.3, -0.25) is 9.78 Å². The summed E-state index contributed by atoms with van der Waals surface area (Å²) in [6, 6.07) is 15.3. The van der Waals surface area contributed by atoms with Crippen LogP contribution in [0.2, 0.25) is 5.02 Å². The predicted octanol–water partition coefficient (Wildman–Crippen LogP) is 4.86. The van der Waals surface area contributed by atoms with Gasteiger partial charge in [0.05, 0.1) is 29.3 Å². The fourth-order valence-electron chi connectivity index (χ4n) is 3.65. The fourth-order valence-corrected chi connectivity index (χ4v) is 3.87. The molecule has 0 amide bonds. The van der Waals surface area contributed by atoms with Crippen LogP contribution in [0.25, 0.3) is 32.9 Å². The summed E-state index contributed by atoms with van der Waals surface area (Å²) in [5.41, 5.74) is 4.94. The number of ether oxygens (including phenoxy) is 1. The Morgan fingerprint density at radius 1 is 1.25 bits per heavy atom. The van der Waals surface area contributed by atoms with Gasteiger partial charge in [-0.05, 0) is 42.8 Å². The van der Waals surface area contributed by atoms with Gasteiger partial charge in [0.2, 0.25) is 0 Å². The van der Waals surface area contributed by atoms with Crippen molar-refractivity contribution >= 4 is 39.4 Å². The van der Waals surface area contributed by atoms with E-state index < -0.39 is 0 Å². The highest BCUT2D eigenvalue weighted by Crippen LogP contribution is 2.39. The Labute approximate surface area is 166 Å². The number of aromatic nitrogens is 2. The summed E-state index contributed by atoms with van der Waals surface area (Å²) < 4.78 is 6.78. The average molecular weight is 390 g/mol. The molecule has 0 fully saturated rings. The zero-order valence-electron chi connectivity index (χ0n) is 15.4. The first-order valence-electron chi connectivity index (χ1n) is 8.68. The van der Waals surface area contributed by atoms with Gasteiger partial charge >= 0.3 is 5.97 Å². The number of benzene rings is 2. The van der Waals surface area contributed by atoms with E-state index in [9.17, 15) is 10.1 Å². The minimum atomic E-state index is -0.335. The summed E-state index contributed by atoms with van der Waals surface area (Å²) in [7, 11) is 1.37. The third kappa shape index (κ3) is 2.79. The Bertz CT molecular complexity index is 1280. The molecule has 0 bridgehead atoms. The third-order valence-electron chi connectivity index (χ3n) is 4.96. The fraction of sp³-hybridized carbons (Fsp3) is 0.136. The SMILES string of the molecule is COC(=O)Cn1c(C)c(-c2ccnc3c(Cl)cccc23)c2cc(C#N)ccc21. The van der Waals surface area contributed by atoms with E-state index in [-0.39, 0.29) is 12.5 Å². The van der Waals surface area contributed by atoms with Crippen LogP contribution in [0.1, 0.15) is 11.3 Å². The van der Waals surface area contributed by atoms with E-state index in [2.05, 4.69) is 11.1 Å². The summed E-state index contributed by atoms with van der Waals surface area (Å²) in [5, 5.41) is 11.8. The van der Waals surface area contributed by atoms with Gasteiger partial charge < -0.3 is 9.30 Å². The number of halogens is 1. The Balaban J connectivity index is 2.10. The van der Waals surface area contributed by atoms with E-state index in [4.69, 9.17) is 16.3 Å². The molecule has 2 aromatic carbocycles. The molecule has 2 aromatic heterocycles. The molecule has 4 rings (SSSR count). The lowest BCUT2D eigenvalue weighted by Crippen LogP contribution is -2.12. The van der Waals surface area contributed by atoms with Crippen LogP contribution < -0.4 is 0 Å². The molecule has 138 valence electrons. The first-order chi connectivity index (χ1) is 13.5. The largest absolute Gasteiger partial charge is 0.468 e. The number of nitrogens with zero attached hydrogens (tertiary/aromatic N) is 3. The van der Waals surface area contributed by atoms with Gasteiger partial charge in [0.25, 0.3) is 0 Å². The number of fused-ring (bicyclic) bond motifs is 2. The van der Waals surface area contributed by atoms with Gasteiger partial charge in [-0.2, -0.15) is 5.26 Å². The van der Waals surface area contributed by atoms with Crippen molar-refractivity contribution in [2.75, 3.05) is 7.11 Å². The topological polar surface area (TPSA) is 67.9 Å². The van der Waals surface area contributed by atoms with Gasteiger partial charge in [-0.1, -0.05) is 23.7 Å². The van der Waals surface area contributed by atoms with Crippen molar-refractivity contribution in [2.45, 2.75) is 13.5 Å². The van der Waals surface area contributed by atoms with Crippen LogP contribution in [0.4, 0.5) is 0 Å².